The predicted octanol–water partition coefficient (Wildman–Crippen LogP) is 23.9. The molecule has 0 heterocycles. The zero-order chi connectivity index (χ0) is 72.8. The molecule has 0 fully saturated rings. The average Bonchev–Trinajstić information content (AvgIpc) is 1.02. The summed E-state index contributed by atoms with van der Waals surface area (Å²) in [6.07, 6.45) is 61.4. The number of carbonyl (C=O) groups excluding carboxylic acids is 4. The van der Waals surface area contributed by atoms with E-state index in [-0.39, 0.29) is 25.7 Å². The maximum atomic E-state index is 13.1. The molecule has 6 atom stereocenters. The minimum absolute atomic E-state index is 0.103. The van der Waals surface area contributed by atoms with Gasteiger partial charge < -0.3 is 33.8 Å². The smallest absolute Gasteiger partial charge is 0.462 e. The Hall–Kier alpha value is -1.94. The van der Waals surface area contributed by atoms with Gasteiger partial charge in [-0.3, -0.25) is 37.3 Å². The minimum Gasteiger partial charge on any atom is -0.462 e. The van der Waals surface area contributed by atoms with E-state index in [1.54, 1.807) is 0 Å². The third-order valence-electron chi connectivity index (χ3n) is 19.1. The molecule has 0 saturated carbocycles. The molecule has 0 aromatic carbocycles. The molecule has 0 rings (SSSR count). The summed E-state index contributed by atoms with van der Waals surface area (Å²) in [6.45, 7) is 9.51. The maximum Gasteiger partial charge on any atom is 0.472 e. The van der Waals surface area contributed by atoms with Crippen LogP contribution in [-0.4, -0.2) is 96.7 Å². The molecule has 0 aliphatic heterocycles. The number of unbranched alkanes of at least 4 members (excludes halogenated alkanes) is 48. The first kappa shape index (κ1) is 97.1. The molecule has 0 saturated heterocycles. The number of phosphoric ester groups is 2. The van der Waals surface area contributed by atoms with Gasteiger partial charge >= 0.3 is 39.5 Å². The molecule has 19 heteroatoms. The number of carbonyl (C=O) groups is 4. The highest BCUT2D eigenvalue weighted by Crippen LogP contribution is 2.45. The van der Waals surface area contributed by atoms with Gasteiger partial charge in [-0.25, -0.2) is 9.13 Å². The minimum atomic E-state index is -4.96. The summed E-state index contributed by atoms with van der Waals surface area (Å²) in [5.74, 6) is -0.689. The van der Waals surface area contributed by atoms with Crippen LogP contribution in [-0.2, 0) is 65.4 Å². The Kier molecular flexibility index (Phi) is 70.3. The van der Waals surface area contributed by atoms with Gasteiger partial charge in [-0.1, -0.05) is 369 Å². The van der Waals surface area contributed by atoms with Crippen LogP contribution in [0.1, 0.15) is 420 Å². The highest BCUT2D eigenvalue weighted by atomic mass is 31.2. The van der Waals surface area contributed by atoms with Crippen molar-refractivity contribution in [1.82, 2.24) is 0 Å². The Morgan fingerprint density at radius 2 is 0.515 bits per heavy atom. The summed E-state index contributed by atoms with van der Waals surface area (Å²) >= 11 is 0. The lowest BCUT2D eigenvalue weighted by molar-refractivity contribution is -0.161. The van der Waals surface area contributed by atoms with Gasteiger partial charge in [-0.15, -0.1) is 0 Å². The zero-order valence-corrected chi connectivity index (χ0v) is 66.6. The van der Waals surface area contributed by atoms with Crippen LogP contribution in [0.15, 0.2) is 0 Å². The average molecular weight is 1450 g/mol. The molecule has 0 amide bonds. The van der Waals surface area contributed by atoms with Crippen molar-refractivity contribution in [1.29, 1.82) is 0 Å². The van der Waals surface area contributed by atoms with Gasteiger partial charge in [-0.05, 0) is 37.5 Å². The molecule has 99 heavy (non-hydrogen) atoms. The molecule has 0 aliphatic rings. The van der Waals surface area contributed by atoms with E-state index < -0.39 is 97.5 Å². The van der Waals surface area contributed by atoms with Crippen molar-refractivity contribution in [2.75, 3.05) is 39.6 Å². The molecule has 17 nitrogen and oxygen atoms in total. The monoisotopic (exact) mass is 1450 g/mol. The van der Waals surface area contributed by atoms with Crippen LogP contribution in [0.3, 0.4) is 0 Å². The molecule has 588 valence electrons. The quantitative estimate of drug-likeness (QED) is 0.0222. The molecule has 0 aromatic heterocycles. The summed E-state index contributed by atoms with van der Waals surface area (Å²) in [5.41, 5.74) is 0. The third kappa shape index (κ3) is 72.8. The van der Waals surface area contributed by atoms with E-state index in [2.05, 4.69) is 41.5 Å². The number of aliphatic hydroxyl groups is 1. The van der Waals surface area contributed by atoms with Crippen LogP contribution in [0.4, 0.5) is 0 Å². The number of esters is 4. The normalized spacial score (nSPS) is 14.2. The zero-order valence-electron chi connectivity index (χ0n) is 64.8. The third-order valence-corrected chi connectivity index (χ3v) is 21.0. The fourth-order valence-corrected chi connectivity index (χ4v) is 13.9. The molecular formula is C80H156O17P2. The van der Waals surface area contributed by atoms with Crippen LogP contribution >= 0.6 is 15.6 Å². The second-order valence-electron chi connectivity index (χ2n) is 29.5. The molecule has 3 N–H and O–H groups in total. The topological polar surface area (TPSA) is 237 Å². The summed E-state index contributed by atoms with van der Waals surface area (Å²) < 4.78 is 68.6. The lowest BCUT2D eigenvalue weighted by Crippen LogP contribution is -2.30. The molecule has 0 spiro atoms. The van der Waals surface area contributed by atoms with E-state index in [1.807, 2.05) is 0 Å². The molecular weight excluding hydrogens is 1290 g/mol. The maximum absolute atomic E-state index is 13.1. The van der Waals surface area contributed by atoms with Crippen molar-refractivity contribution in [3.8, 4) is 0 Å². The second-order valence-corrected chi connectivity index (χ2v) is 32.4. The summed E-state index contributed by atoms with van der Waals surface area (Å²) in [6, 6.07) is 0. The highest BCUT2D eigenvalue weighted by molar-refractivity contribution is 7.47. The van der Waals surface area contributed by atoms with Gasteiger partial charge in [0, 0.05) is 25.7 Å². The van der Waals surface area contributed by atoms with Crippen LogP contribution in [0.25, 0.3) is 0 Å². The Balaban J connectivity index is 5.19. The van der Waals surface area contributed by atoms with Crippen molar-refractivity contribution in [3.05, 3.63) is 0 Å². The van der Waals surface area contributed by atoms with Gasteiger partial charge in [0.05, 0.1) is 26.4 Å². The van der Waals surface area contributed by atoms with Crippen LogP contribution in [0.2, 0.25) is 0 Å². The largest absolute Gasteiger partial charge is 0.472 e. The highest BCUT2D eigenvalue weighted by Gasteiger charge is 2.30. The van der Waals surface area contributed by atoms with Crippen LogP contribution in [0.5, 0.6) is 0 Å². The van der Waals surface area contributed by atoms with Crippen molar-refractivity contribution >= 4 is 39.5 Å². The number of ether oxygens (including phenoxy) is 4. The molecule has 0 aliphatic carbocycles. The summed E-state index contributed by atoms with van der Waals surface area (Å²) in [4.78, 5) is 72.9. The van der Waals surface area contributed by atoms with Gasteiger partial charge in [-0.2, -0.15) is 0 Å². The number of rotatable bonds is 79. The summed E-state index contributed by atoms with van der Waals surface area (Å²) in [7, 11) is -9.92. The Morgan fingerprint density at radius 3 is 0.768 bits per heavy atom. The number of hydrogen-bond acceptors (Lipinski definition) is 15. The summed E-state index contributed by atoms with van der Waals surface area (Å²) in [5, 5.41) is 10.6. The SMILES string of the molecule is CCCCCCCCCCCCCCCCCCCCCCCC(=O)O[C@H](COC(=O)CCCCCCCCCCCCCCCCCCCC)COP(=O)(O)OC[C@@H](O)COP(=O)(O)OC[C@@H](COC(=O)CCCCCCCCC(C)CC)OC(=O)CCCCCCCCCC(C)C. The number of hydrogen-bond donors (Lipinski definition) is 3. The second kappa shape index (κ2) is 71.7. The lowest BCUT2D eigenvalue weighted by Gasteiger charge is -2.21. The van der Waals surface area contributed by atoms with Crippen LogP contribution in [0, 0.1) is 11.8 Å². The van der Waals surface area contributed by atoms with Gasteiger partial charge in [0.25, 0.3) is 0 Å². The Labute approximate surface area is 607 Å². The first-order valence-electron chi connectivity index (χ1n) is 41.5. The molecule has 3 unspecified atom stereocenters. The standard InChI is InChI=1S/C80H156O17P2/c1-7-10-12-14-16-18-20-22-24-26-28-29-30-32-34-36-38-40-44-52-58-64-79(84)96-75(68-90-77(82)62-56-50-43-39-37-35-33-31-27-25-23-21-19-17-15-13-11-8-2)70-94-98(86,87)92-66-74(81)67-93-99(88,89)95-71-76(97-80(85)65-59-53-45-41-42-48-54-60-72(4)5)69-91-78(83)63-57-51-47-46-49-55-61-73(6)9-3/h72-76,81H,7-71H2,1-6H3,(H,86,87)(H,88,89)/t73?,74-,75-,76-/m1/s1. The van der Waals surface area contributed by atoms with E-state index in [1.165, 1.54) is 231 Å². The van der Waals surface area contributed by atoms with Crippen molar-refractivity contribution < 1.29 is 80.2 Å². The van der Waals surface area contributed by atoms with Gasteiger partial charge in [0.15, 0.2) is 12.2 Å². The fourth-order valence-electron chi connectivity index (χ4n) is 12.3. The molecule has 0 bridgehead atoms. The fraction of sp³-hybridized carbons (Fsp3) is 0.950. The van der Waals surface area contributed by atoms with Crippen molar-refractivity contribution in [2.24, 2.45) is 11.8 Å². The number of phosphoric acid groups is 2. The molecule has 0 aromatic rings. The van der Waals surface area contributed by atoms with Gasteiger partial charge in [0.2, 0.25) is 0 Å². The van der Waals surface area contributed by atoms with E-state index in [0.717, 1.165) is 102 Å². The predicted molar refractivity (Wildman–Crippen MR) is 405 cm³/mol. The van der Waals surface area contributed by atoms with Crippen molar-refractivity contribution in [2.45, 2.75) is 439 Å². The van der Waals surface area contributed by atoms with E-state index in [0.29, 0.717) is 31.6 Å². The number of aliphatic hydroxyl groups excluding tert-OH is 1. The van der Waals surface area contributed by atoms with E-state index in [4.69, 9.17) is 37.0 Å². The Morgan fingerprint density at radius 1 is 0.293 bits per heavy atom. The van der Waals surface area contributed by atoms with E-state index in [9.17, 15) is 43.2 Å². The van der Waals surface area contributed by atoms with Crippen molar-refractivity contribution in [3.63, 3.8) is 0 Å². The molecule has 0 radical (unpaired) electrons. The van der Waals surface area contributed by atoms with E-state index >= 15 is 0 Å². The van der Waals surface area contributed by atoms with Crippen LogP contribution < -0.4 is 0 Å². The lowest BCUT2D eigenvalue weighted by atomic mass is 10.00. The first-order valence-corrected chi connectivity index (χ1v) is 44.5. The Bertz CT molecular complexity index is 1910. The first-order chi connectivity index (χ1) is 47.9. The van der Waals surface area contributed by atoms with Gasteiger partial charge in [0.1, 0.15) is 19.3 Å².